The Morgan fingerprint density at radius 1 is 1.44 bits per heavy atom. The molecule has 3 heteroatoms. The van der Waals surface area contributed by atoms with Crippen molar-refractivity contribution in [1.82, 2.24) is 4.90 Å². The van der Waals surface area contributed by atoms with Gasteiger partial charge < -0.3 is 10.6 Å². The van der Waals surface area contributed by atoms with Crippen molar-refractivity contribution >= 4 is 11.6 Å². The molecule has 18 heavy (non-hydrogen) atoms. The molecule has 1 aromatic rings. The SMILES string of the molecule is C=CCN(C(=O)c1ccc(N)cc1C)C(C)(C)C. The van der Waals surface area contributed by atoms with Crippen molar-refractivity contribution in [3.63, 3.8) is 0 Å². The first-order valence-corrected chi connectivity index (χ1v) is 6.06. The number of aryl methyl sites for hydroxylation is 1. The minimum Gasteiger partial charge on any atom is -0.399 e. The van der Waals surface area contributed by atoms with Gasteiger partial charge in [0.2, 0.25) is 0 Å². The predicted octanol–water partition coefficient (Wildman–Crippen LogP) is 3.00. The van der Waals surface area contributed by atoms with Gasteiger partial charge in [-0.1, -0.05) is 6.08 Å². The van der Waals surface area contributed by atoms with Gasteiger partial charge in [0, 0.05) is 23.3 Å². The Kier molecular flexibility index (Phi) is 4.17. The van der Waals surface area contributed by atoms with E-state index >= 15 is 0 Å². The van der Waals surface area contributed by atoms with Crippen molar-refractivity contribution in [2.45, 2.75) is 33.2 Å². The van der Waals surface area contributed by atoms with E-state index in [0.717, 1.165) is 5.56 Å². The molecule has 0 aliphatic rings. The number of amides is 1. The molecule has 0 saturated carbocycles. The van der Waals surface area contributed by atoms with Gasteiger partial charge in [0.05, 0.1) is 0 Å². The highest BCUT2D eigenvalue weighted by atomic mass is 16.2. The number of carbonyl (C=O) groups excluding carboxylic acids is 1. The lowest BCUT2D eigenvalue weighted by Crippen LogP contribution is -2.45. The average Bonchev–Trinajstić information content (AvgIpc) is 2.23. The molecule has 2 N–H and O–H groups in total. The van der Waals surface area contributed by atoms with Crippen molar-refractivity contribution in [2.75, 3.05) is 12.3 Å². The van der Waals surface area contributed by atoms with Crippen molar-refractivity contribution in [3.05, 3.63) is 42.0 Å². The predicted molar refractivity (Wildman–Crippen MR) is 76.6 cm³/mol. The van der Waals surface area contributed by atoms with Crippen LogP contribution in [0.2, 0.25) is 0 Å². The van der Waals surface area contributed by atoms with E-state index in [0.29, 0.717) is 17.8 Å². The number of nitrogens with two attached hydrogens (primary N) is 1. The van der Waals surface area contributed by atoms with E-state index in [-0.39, 0.29) is 11.4 Å². The second-order valence-corrected chi connectivity index (χ2v) is 5.45. The summed E-state index contributed by atoms with van der Waals surface area (Å²) in [6.07, 6.45) is 1.75. The normalized spacial score (nSPS) is 11.1. The second-order valence-electron chi connectivity index (χ2n) is 5.45. The molecule has 0 heterocycles. The van der Waals surface area contributed by atoms with Crippen molar-refractivity contribution in [3.8, 4) is 0 Å². The number of nitrogen functional groups attached to an aromatic ring is 1. The van der Waals surface area contributed by atoms with Crippen LogP contribution in [0, 0.1) is 6.92 Å². The summed E-state index contributed by atoms with van der Waals surface area (Å²) in [5.74, 6) is 0.0138. The summed E-state index contributed by atoms with van der Waals surface area (Å²) in [5, 5.41) is 0. The first-order valence-electron chi connectivity index (χ1n) is 6.06. The van der Waals surface area contributed by atoms with Gasteiger partial charge in [0.15, 0.2) is 0 Å². The molecule has 1 amide bonds. The Labute approximate surface area is 109 Å². The maximum Gasteiger partial charge on any atom is 0.254 e. The minimum atomic E-state index is -0.237. The first kappa shape index (κ1) is 14.3. The largest absolute Gasteiger partial charge is 0.399 e. The lowest BCUT2D eigenvalue weighted by atomic mass is 10.0. The topological polar surface area (TPSA) is 46.3 Å². The number of rotatable bonds is 3. The lowest BCUT2D eigenvalue weighted by molar-refractivity contribution is 0.0616. The molecule has 0 radical (unpaired) electrons. The van der Waals surface area contributed by atoms with Crippen LogP contribution >= 0.6 is 0 Å². The Morgan fingerprint density at radius 2 is 2.06 bits per heavy atom. The molecule has 0 bridgehead atoms. The smallest absolute Gasteiger partial charge is 0.254 e. The highest BCUT2D eigenvalue weighted by Gasteiger charge is 2.26. The molecule has 0 atom stereocenters. The molecule has 0 saturated heterocycles. The molecule has 1 rings (SSSR count). The summed E-state index contributed by atoms with van der Waals surface area (Å²) in [5.41, 5.74) is 7.74. The van der Waals surface area contributed by atoms with Gasteiger partial charge in [-0.15, -0.1) is 6.58 Å². The molecule has 1 aromatic carbocycles. The standard InChI is InChI=1S/C15H22N2O/c1-6-9-17(15(3,4)5)14(18)13-8-7-12(16)10-11(13)2/h6-8,10H,1,9,16H2,2-5H3. The maximum atomic E-state index is 12.6. The van der Waals surface area contributed by atoms with Gasteiger partial charge in [0.1, 0.15) is 0 Å². The van der Waals surface area contributed by atoms with Gasteiger partial charge in [-0.05, 0) is 51.5 Å². The molecule has 0 spiro atoms. The summed E-state index contributed by atoms with van der Waals surface area (Å²) >= 11 is 0. The summed E-state index contributed by atoms with van der Waals surface area (Å²) in [6.45, 7) is 12.2. The van der Waals surface area contributed by atoms with Crippen LogP contribution in [0.4, 0.5) is 5.69 Å². The van der Waals surface area contributed by atoms with Gasteiger partial charge in [-0.25, -0.2) is 0 Å². The van der Waals surface area contributed by atoms with E-state index in [1.54, 1.807) is 23.1 Å². The minimum absolute atomic E-state index is 0.0138. The molecule has 0 fully saturated rings. The summed E-state index contributed by atoms with van der Waals surface area (Å²) in [7, 11) is 0. The fourth-order valence-corrected chi connectivity index (χ4v) is 1.86. The second kappa shape index (κ2) is 5.25. The monoisotopic (exact) mass is 246 g/mol. The molecule has 98 valence electrons. The van der Waals surface area contributed by atoms with Crippen LogP contribution in [0.1, 0.15) is 36.7 Å². The zero-order valence-corrected chi connectivity index (χ0v) is 11.7. The molecule has 0 aliphatic heterocycles. The van der Waals surface area contributed by atoms with Crippen molar-refractivity contribution < 1.29 is 4.79 Å². The van der Waals surface area contributed by atoms with Crippen LogP contribution in [-0.4, -0.2) is 22.9 Å². The summed E-state index contributed by atoms with van der Waals surface area (Å²) in [4.78, 5) is 14.4. The third-order valence-electron chi connectivity index (χ3n) is 2.85. The highest BCUT2D eigenvalue weighted by Crippen LogP contribution is 2.20. The first-order chi connectivity index (χ1) is 8.27. The molecule has 3 nitrogen and oxygen atoms in total. The average molecular weight is 246 g/mol. The number of anilines is 1. The van der Waals surface area contributed by atoms with Crippen LogP contribution in [0.15, 0.2) is 30.9 Å². The van der Waals surface area contributed by atoms with E-state index in [1.165, 1.54) is 0 Å². The van der Waals surface area contributed by atoms with Crippen molar-refractivity contribution in [1.29, 1.82) is 0 Å². The van der Waals surface area contributed by atoms with E-state index in [1.807, 2.05) is 33.8 Å². The van der Waals surface area contributed by atoms with E-state index in [9.17, 15) is 4.79 Å². The number of nitrogens with zero attached hydrogens (tertiary/aromatic N) is 1. The maximum absolute atomic E-state index is 12.6. The number of carbonyl (C=O) groups is 1. The quantitative estimate of drug-likeness (QED) is 0.658. The number of benzene rings is 1. The van der Waals surface area contributed by atoms with E-state index in [2.05, 4.69) is 6.58 Å². The Bertz CT molecular complexity index is 458. The molecule has 0 unspecified atom stereocenters. The van der Waals surface area contributed by atoms with Crippen LogP contribution in [0.3, 0.4) is 0 Å². The fourth-order valence-electron chi connectivity index (χ4n) is 1.86. The van der Waals surface area contributed by atoms with Crippen LogP contribution in [-0.2, 0) is 0 Å². The van der Waals surface area contributed by atoms with Gasteiger partial charge >= 0.3 is 0 Å². The number of hydrogen-bond acceptors (Lipinski definition) is 2. The molecular weight excluding hydrogens is 224 g/mol. The molecule has 0 aromatic heterocycles. The van der Waals surface area contributed by atoms with Gasteiger partial charge in [-0.3, -0.25) is 4.79 Å². The summed E-state index contributed by atoms with van der Waals surface area (Å²) in [6, 6.07) is 5.37. The third-order valence-corrected chi connectivity index (χ3v) is 2.85. The van der Waals surface area contributed by atoms with E-state index < -0.39 is 0 Å². The fraction of sp³-hybridized carbons (Fsp3) is 0.400. The zero-order chi connectivity index (χ0) is 13.9. The third kappa shape index (κ3) is 3.13. The number of hydrogen-bond donors (Lipinski definition) is 1. The highest BCUT2D eigenvalue weighted by molar-refractivity contribution is 5.96. The Hall–Kier alpha value is -1.77. The van der Waals surface area contributed by atoms with Gasteiger partial charge in [0.25, 0.3) is 5.91 Å². The summed E-state index contributed by atoms with van der Waals surface area (Å²) < 4.78 is 0. The van der Waals surface area contributed by atoms with E-state index in [4.69, 9.17) is 5.73 Å². The van der Waals surface area contributed by atoms with Gasteiger partial charge in [-0.2, -0.15) is 0 Å². The van der Waals surface area contributed by atoms with Crippen LogP contribution < -0.4 is 5.73 Å². The van der Waals surface area contributed by atoms with Crippen LogP contribution in [0.5, 0.6) is 0 Å². The zero-order valence-electron chi connectivity index (χ0n) is 11.7. The Morgan fingerprint density at radius 3 is 2.50 bits per heavy atom. The van der Waals surface area contributed by atoms with Crippen LogP contribution in [0.25, 0.3) is 0 Å². The molecular formula is C15H22N2O. The van der Waals surface area contributed by atoms with Crippen molar-refractivity contribution in [2.24, 2.45) is 0 Å². The molecule has 0 aliphatic carbocycles. The Balaban J connectivity index is 3.14. The lowest BCUT2D eigenvalue weighted by Gasteiger charge is -2.35.